The van der Waals surface area contributed by atoms with E-state index >= 15 is 0 Å². The zero-order valence-corrected chi connectivity index (χ0v) is 12.9. The molecule has 0 aliphatic carbocycles. The standard InChI is InChI=1S/C16H16Cl2FN/c1-3-15(13-6-4-11(17)9-14(13)18)20-16-7-5-12(19)8-10(16)2/h4-9,15,20H,3H2,1-2H3. The smallest absolute Gasteiger partial charge is 0.123 e. The second kappa shape index (κ2) is 6.47. The van der Waals surface area contributed by atoms with Crippen molar-refractivity contribution in [3.05, 3.63) is 63.4 Å². The molecule has 0 aromatic heterocycles. The summed E-state index contributed by atoms with van der Waals surface area (Å²) >= 11 is 12.2. The van der Waals surface area contributed by atoms with Crippen LogP contribution >= 0.6 is 23.2 Å². The van der Waals surface area contributed by atoms with Gasteiger partial charge in [-0.2, -0.15) is 0 Å². The van der Waals surface area contributed by atoms with E-state index in [1.54, 1.807) is 12.1 Å². The van der Waals surface area contributed by atoms with Crippen molar-refractivity contribution < 1.29 is 4.39 Å². The molecule has 0 radical (unpaired) electrons. The molecular weight excluding hydrogens is 296 g/mol. The maximum Gasteiger partial charge on any atom is 0.123 e. The molecule has 2 aromatic rings. The molecule has 20 heavy (non-hydrogen) atoms. The van der Waals surface area contributed by atoms with Crippen molar-refractivity contribution in [3.8, 4) is 0 Å². The van der Waals surface area contributed by atoms with Gasteiger partial charge in [0.2, 0.25) is 0 Å². The molecule has 0 amide bonds. The Morgan fingerprint density at radius 2 is 1.90 bits per heavy atom. The predicted molar refractivity (Wildman–Crippen MR) is 84.3 cm³/mol. The fraction of sp³-hybridized carbons (Fsp3) is 0.250. The second-order valence-corrected chi connectivity index (χ2v) is 5.57. The van der Waals surface area contributed by atoms with Gasteiger partial charge >= 0.3 is 0 Å². The summed E-state index contributed by atoms with van der Waals surface area (Å²) in [6.45, 7) is 3.95. The van der Waals surface area contributed by atoms with Crippen LogP contribution < -0.4 is 5.32 Å². The first kappa shape index (κ1) is 15.1. The van der Waals surface area contributed by atoms with Crippen molar-refractivity contribution >= 4 is 28.9 Å². The summed E-state index contributed by atoms with van der Waals surface area (Å²) in [7, 11) is 0. The Kier molecular flexibility index (Phi) is 4.90. The van der Waals surface area contributed by atoms with Crippen LogP contribution in [0.15, 0.2) is 36.4 Å². The van der Waals surface area contributed by atoms with E-state index in [-0.39, 0.29) is 11.9 Å². The summed E-state index contributed by atoms with van der Waals surface area (Å²) in [5.74, 6) is -0.231. The Morgan fingerprint density at radius 1 is 1.15 bits per heavy atom. The Balaban J connectivity index is 2.28. The fourth-order valence-electron chi connectivity index (χ4n) is 2.16. The van der Waals surface area contributed by atoms with E-state index in [2.05, 4.69) is 12.2 Å². The Labute approximate surface area is 128 Å². The molecule has 2 rings (SSSR count). The minimum Gasteiger partial charge on any atom is -0.378 e. The topological polar surface area (TPSA) is 12.0 Å². The van der Waals surface area contributed by atoms with Gasteiger partial charge in [0.05, 0.1) is 6.04 Å². The third-order valence-electron chi connectivity index (χ3n) is 3.26. The van der Waals surface area contributed by atoms with Gasteiger partial charge in [-0.1, -0.05) is 36.2 Å². The number of hydrogen-bond donors (Lipinski definition) is 1. The lowest BCUT2D eigenvalue weighted by atomic mass is 10.0. The molecule has 0 saturated carbocycles. The van der Waals surface area contributed by atoms with Crippen molar-refractivity contribution in [1.29, 1.82) is 0 Å². The Hall–Kier alpha value is -1.25. The first-order valence-electron chi connectivity index (χ1n) is 6.49. The summed E-state index contributed by atoms with van der Waals surface area (Å²) in [4.78, 5) is 0. The lowest BCUT2D eigenvalue weighted by Gasteiger charge is -2.21. The van der Waals surface area contributed by atoms with Gasteiger partial charge in [-0.25, -0.2) is 4.39 Å². The quantitative estimate of drug-likeness (QED) is 0.729. The van der Waals surface area contributed by atoms with Gasteiger partial charge in [-0.15, -0.1) is 0 Å². The molecule has 0 aliphatic heterocycles. The molecule has 4 heteroatoms. The van der Waals surface area contributed by atoms with Gasteiger partial charge in [-0.3, -0.25) is 0 Å². The van der Waals surface area contributed by atoms with Crippen molar-refractivity contribution in [2.45, 2.75) is 26.3 Å². The highest BCUT2D eigenvalue weighted by molar-refractivity contribution is 6.35. The molecular formula is C16H16Cl2FN. The van der Waals surface area contributed by atoms with Crippen molar-refractivity contribution in [2.75, 3.05) is 5.32 Å². The van der Waals surface area contributed by atoms with Crippen LogP contribution in [0.4, 0.5) is 10.1 Å². The highest BCUT2D eigenvalue weighted by Gasteiger charge is 2.14. The van der Waals surface area contributed by atoms with E-state index in [0.29, 0.717) is 10.0 Å². The lowest BCUT2D eigenvalue weighted by Crippen LogP contribution is -2.11. The summed E-state index contributed by atoms with van der Waals surface area (Å²) in [6.07, 6.45) is 0.859. The molecule has 0 aliphatic rings. The number of benzene rings is 2. The highest BCUT2D eigenvalue weighted by atomic mass is 35.5. The molecule has 1 atom stereocenters. The normalized spacial score (nSPS) is 12.2. The van der Waals surface area contributed by atoms with Gasteiger partial charge in [-0.05, 0) is 54.8 Å². The van der Waals surface area contributed by atoms with Crippen LogP contribution in [-0.4, -0.2) is 0 Å². The minimum atomic E-state index is -0.231. The van der Waals surface area contributed by atoms with Crippen LogP contribution in [-0.2, 0) is 0 Å². The summed E-state index contributed by atoms with van der Waals surface area (Å²) < 4.78 is 13.1. The summed E-state index contributed by atoms with van der Waals surface area (Å²) in [5.41, 5.74) is 2.76. The van der Waals surface area contributed by atoms with Crippen molar-refractivity contribution in [2.24, 2.45) is 0 Å². The van der Waals surface area contributed by atoms with Gasteiger partial charge in [0, 0.05) is 15.7 Å². The monoisotopic (exact) mass is 311 g/mol. The van der Waals surface area contributed by atoms with Crippen LogP contribution in [0.25, 0.3) is 0 Å². The average molecular weight is 312 g/mol. The third-order valence-corrected chi connectivity index (χ3v) is 3.83. The number of anilines is 1. The number of hydrogen-bond acceptors (Lipinski definition) is 1. The maximum atomic E-state index is 13.1. The van der Waals surface area contributed by atoms with Gasteiger partial charge in [0.25, 0.3) is 0 Å². The zero-order chi connectivity index (χ0) is 14.7. The second-order valence-electron chi connectivity index (χ2n) is 4.73. The molecule has 0 saturated heterocycles. The fourth-order valence-corrected chi connectivity index (χ4v) is 2.70. The van der Waals surface area contributed by atoms with Crippen LogP contribution in [0.5, 0.6) is 0 Å². The third kappa shape index (κ3) is 3.44. The molecule has 1 unspecified atom stereocenters. The molecule has 0 bridgehead atoms. The maximum absolute atomic E-state index is 13.1. The van der Waals surface area contributed by atoms with Crippen LogP contribution in [0.2, 0.25) is 10.0 Å². The van der Waals surface area contributed by atoms with Crippen LogP contribution in [0.3, 0.4) is 0 Å². The Bertz CT molecular complexity index is 613. The zero-order valence-electron chi connectivity index (χ0n) is 11.4. The highest BCUT2D eigenvalue weighted by Crippen LogP contribution is 2.31. The molecule has 1 nitrogen and oxygen atoms in total. The number of halogens is 3. The van der Waals surface area contributed by atoms with E-state index < -0.39 is 0 Å². The van der Waals surface area contributed by atoms with E-state index in [1.807, 2.05) is 19.1 Å². The number of rotatable bonds is 4. The first-order chi connectivity index (χ1) is 9.51. The van der Waals surface area contributed by atoms with Gasteiger partial charge < -0.3 is 5.32 Å². The van der Waals surface area contributed by atoms with E-state index in [1.165, 1.54) is 12.1 Å². The van der Waals surface area contributed by atoms with Crippen molar-refractivity contribution in [3.63, 3.8) is 0 Å². The largest absolute Gasteiger partial charge is 0.378 e. The van der Waals surface area contributed by atoms with Crippen LogP contribution in [0.1, 0.15) is 30.5 Å². The van der Waals surface area contributed by atoms with Crippen LogP contribution in [0, 0.1) is 12.7 Å². The van der Waals surface area contributed by atoms with E-state index in [4.69, 9.17) is 23.2 Å². The average Bonchev–Trinajstić information content (AvgIpc) is 2.39. The van der Waals surface area contributed by atoms with E-state index in [9.17, 15) is 4.39 Å². The molecule has 0 spiro atoms. The molecule has 1 N–H and O–H groups in total. The van der Waals surface area contributed by atoms with Gasteiger partial charge in [0.1, 0.15) is 5.82 Å². The number of nitrogens with one attached hydrogen (secondary N) is 1. The number of aryl methyl sites for hydroxylation is 1. The summed E-state index contributed by atoms with van der Waals surface area (Å²) in [6, 6.07) is 10.3. The Morgan fingerprint density at radius 3 is 2.50 bits per heavy atom. The SMILES string of the molecule is CCC(Nc1ccc(F)cc1C)c1ccc(Cl)cc1Cl. The molecule has 2 aromatic carbocycles. The molecule has 106 valence electrons. The molecule has 0 heterocycles. The van der Waals surface area contributed by atoms with Gasteiger partial charge in [0.15, 0.2) is 0 Å². The lowest BCUT2D eigenvalue weighted by molar-refractivity contribution is 0.626. The predicted octanol–water partition coefficient (Wildman–Crippen LogP) is 6.00. The minimum absolute atomic E-state index is 0.0592. The summed E-state index contributed by atoms with van der Waals surface area (Å²) in [5, 5.41) is 4.66. The van der Waals surface area contributed by atoms with Crippen molar-refractivity contribution in [1.82, 2.24) is 0 Å². The first-order valence-corrected chi connectivity index (χ1v) is 7.24. The molecule has 0 fully saturated rings. The van der Waals surface area contributed by atoms with E-state index in [0.717, 1.165) is 23.2 Å².